The first-order chi connectivity index (χ1) is 11.1. The Kier molecular flexibility index (Phi) is 9.87. The van der Waals surface area contributed by atoms with Gasteiger partial charge in [-0.05, 0) is 49.4 Å². The lowest BCUT2D eigenvalue weighted by Gasteiger charge is -2.18. The number of nitrogens with one attached hydrogen (secondary N) is 2. The van der Waals surface area contributed by atoms with Gasteiger partial charge in [0.2, 0.25) is 0 Å². The Morgan fingerprint density at radius 2 is 2.09 bits per heavy atom. The number of aliphatic hydroxyl groups is 1. The summed E-state index contributed by atoms with van der Waals surface area (Å²) in [5.41, 5.74) is 0.808. The van der Waals surface area contributed by atoms with Crippen LogP contribution in [-0.2, 0) is 6.54 Å². The third-order valence-electron chi connectivity index (χ3n) is 3.55. The van der Waals surface area contributed by atoms with E-state index in [0.717, 1.165) is 42.4 Å². The number of hydrogen-bond donors (Lipinski definition) is 3. The van der Waals surface area contributed by atoms with Crippen LogP contribution in [0.4, 0.5) is 4.39 Å². The van der Waals surface area contributed by atoms with Gasteiger partial charge in [-0.2, -0.15) is 0 Å². The summed E-state index contributed by atoms with van der Waals surface area (Å²) in [6, 6.07) is 4.60. The molecular weight excluding hydrogens is 361 g/mol. The molecular formula is C17H27BrFN3O. The number of rotatable bonds is 9. The number of guanidine groups is 1. The van der Waals surface area contributed by atoms with E-state index in [0.29, 0.717) is 18.4 Å². The lowest BCUT2D eigenvalue weighted by molar-refractivity contribution is 0.251. The van der Waals surface area contributed by atoms with E-state index in [1.165, 1.54) is 12.1 Å². The first-order valence-corrected chi connectivity index (χ1v) is 8.96. The highest BCUT2D eigenvalue weighted by atomic mass is 79.9. The van der Waals surface area contributed by atoms with Gasteiger partial charge in [-0.3, -0.25) is 0 Å². The zero-order valence-electron chi connectivity index (χ0n) is 13.9. The van der Waals surface area contributed by atoms with Gasteiger partial charge < -0.3 is 15.7 Å². The molecule has 6 heteroatoms. The van der Waals surface area contributed by atoms with E-state index in [1.807, 2.05) is 6.92 Å². The third-order valence-corrected chi connectivity index (χ3v) is 4.33. The van der Waals surface area contributed by atoms with Crippen molar-refractivity contribution < 1.29 is 9.50 Å². The quantitative estimate of drug-likeness (QED) is 0.449. The number of aliphatic hydroxyl groups excluding tert-OH is 1. The third kappa shape index (κ3) is 7.79. The summed E-state index contributed by atoms with van der Waals surface area (Å²) in [6.45, 7) is 6.28. The van der Waals surface area contributed by atoms with Crippen molar-refractivity contribution in [3.8, 4) is 0 Å². The van der Waals surface area contributed by atoms with Gasteiger partial charge in [-0.15, -0.1) is 0 Å². The zero-order chi connectivity index (χ0) is 17.1. The Labute approximate surface area is 146 Å². The predicted molar refractivity (Wildman–Crippen MR) is 97.0 cm³/mol. The lowest BCUT2D eigenvalue weighted by Crippen LogP contribution is -2.40. The Morgan fingerprint density at radius 1 is 1.30 bits per heavy atom. The Balaban J connectivity index is 2.67. The van der Waals surface area contributed by atoms with E-state index >= 15 is 0 Å². The summed E-state index contributed by atoms with van der Waals surface area (Å²) in [4.78, 5) is 4.51. The number of nitrogens with zero attached hydrogens (tertiary/aromatic N) is 1. The molecule has 0 aliphatic heterocycles. The van der Waals surface area contributed by atoms with Crippen LogP contribution in [0.5, 0.6) is 0 Å². The van der Waals surface area contributed by atoms with Crippen LogP contribution < -0.4 is 10.6 Å². The van der Waals surface area contributed by atoms with Crippen molar-refractivity contribution >= 4 is 21.9 Å². The molecule has 0 heterocycles. The standard InChI is InChI=1S/C17H27BrFN3O/c1-3-5-13(8-9-23)11-21-17(20-4-2)22-12-14-10-15(19)6-7-16(14)18/h6-7,10,13,23H,3-5,8-9,11-12H2,1-2H3,(H2,20,21,22). The minimum Gasteiger partial charge on any atom is -0.396 e. The van der Waals surface area contributed by atoms with Crippen molar-refractivity contribution in [1.82, 2.24) is 10.6 Å². The maximum absolute atomic E-state index is 13.3. The highest BCUT2D eigenvalue weighted by molar-refractivity contribution is 9.10. The van der Waals surface area contributed by atoms with Gasteiger partial charge >= 0.3 is 0 Å². The van der Waals surface area contributed by atoms with Crippen LogP contribution in [0.3, 0.4) is 0 Å². The second kappa shape index (κ2) is 11.4. The van der Waals surface area contributed by atoms with Crippen molar-refractivity contribution in [3.63, 3.8) is 0 Å². The summed E-state index contributed by atoms with van der Waals surface area (Å²) in [5.74, 6) is 0.875. The van der Waals surface area contributed by atoms with Crippen molar-refractivity contribution in [2.24, 2.45) is 10.9 Å². The average Bonchev–Trinajstić information content (AvgIpc) is 2.53. The number of benzene rings is 1. The Bertz CT molecular complexity index is 491. The SMILES string of the molecule is CCCC(CCO)CNC(=NCc1cc(F)ccc1Br)NCC. The van der Waals surface area contributed by atoms with Crippen LogP contribution >= 0.6 is 15.9 Å². The molecule has 0 spiro atoms. The largest absolute Gasteiger partial charge is 0.396 e. The van der Waals surface area contributed by atoms with Crippen LogP contribution in [0.15, 0.2) is 27.7 Å². The molecule has 1 aromatic carbocycles. The molecule has 1 unspecified atom stereocenters. The van der Waals surface area contributed by atoms with Gasteiger partial charge in [0, 0.05) is 24.2 Å². The maximum Gasteiger partial charge on any atom is 0.191 e. The highest BCUT2D eigenvalue weighted by Crippen LogP contribution is 2.18. The molecule has 0 aliphatic carbocycles. The minimum atomic E-state index is -0.262. The van der Waals surface area contributed by atoms with Crippen molar-refractivity contribution in [2.45, 2.75) is 39.7 Å². The van der Waals surface area contributed by atoms with Crippen molar-refractivity contribution in [3.05, 3.63) is 34.1 Å². The molecule has 1 aromatic rings. The second-order valence-corrected chi connectivity index (χ2v) is 6.33. The van der Waals surface area contributed by atoms with Crippen LogP contribution in [-0.4, -0.2) is 30.8 Å². The van der Waals surface area contributed by atoms with Crippen LogP contribution in [0.1, 0.15) is 38.7 Å². The Hall–Kier alpha value is -1.14. The molecule has 1 atom stereocenters. The summed E-state index contributed by atoms with van der Waals surface area (Å²) >= 11 is 3.42. The molecule has 3 N–H and O–H groups in total. The molecule has 4 nitrogen and oxygen atoms in total. The zero-order valence-corrected chi connectivity index (χ0v) is 15.5. The predicted octanol–water partition coefficient (Wildman–Crippen LogP) is 3.44. The maximum atomic E-state index is 13.3. The average molecular weight is 388 g/mol. The van der Waals surface area contributed by atoms with Gasteiger partial charge in [0.25, 0.3) is 0 Å². The fraction of sp³-hybridized carbons (Fsp3) is 0.588. The van der Waals surface area contributed by atoms with Crippen molar-refractivity contribution in [2.75, 3.05) is 19.7 Å². The molecule has 130 valence electrons. The first-order valence-electron chi connectivity index (χ1n) is 8.17. The van der Waals surface area contributed by atoms with E-state index in [9.17, 15) is 4.39 Å². The first kappa shape index (κ1) is 19.9. The molecule has 23 heavy (non-hydrogen) atoms. The van der Waals surface area contributed by atoms with Crippen LogP contribution in [0.25, 0.3) is 0 Å². The van der Waals surface area contributed by atoms with Gasteiger partial charge in [-0.25, -0.2) is 9.38 Å². The fourth-order valence-corrected chi connectivity index (χ4v) is 2.72. The summed E-state index contributed by atoms with van der Waals surface area (Å²) in [6.07, 6.45) is 2.95. The number of halogens is 2. The molecule has 0 amide bonds. The number of aliphatic imine (C=N–C) groups is 1. The minimum absolute atomic E-state index is 0.205. The molecule has 0 saturated heterocycles. The fourth-order valence-electron chi connectivity index (χ4n) is 2.35. The van der Waals surface area contributed by atoms with Gasteiger partial charge in [-0.1, -0.05) is 29.3 Å². The van der Waals surface area contributed by atoms with Gasteiger partial charge in [0.05, 0.1) is 6.54 Å². The van der Waals surface area contributed by atoms with Gasteiger partial charge in [0.15, 0.2) is 5.96 Å². The normalized spacial score (nSPS) is 13.0. The molecule has 0 radical (unpaired) electrons. The van der Waals surface area contributed by atoms with Crippen LogP contribution in [0, 0.1) is 11.7 Å². The van der Waals surface area contributed by atoms with E-state index in [-0.39, 0.29) is 12.4 Å². The van der Waals surface area contributed by atoms with Gasteiger partial charge in [0.1, 0.15) is 5.82 Å². The summed E-state index contributed by atoms with van der Waals surface area (Å²) in [7, 11) is 0. The molecule has 0 aliphatic rings. The van der Waals surface area contributed by atoms with E-state index < -0.39 is 0 Å². The molecule has 0 aromatic heterocycles. The smallest absolute Gasteiger partial charge is 0.191 e. The van der Waals surface area contributed by atoms with E-state index in [1.54, 1.807) is 6.07 Å². The summed E-state index contributed by atoms with van der Waals surface area (Å²) < 4.78 is 14.2. The van der Waals surface area contributed by atoms with Crippen LogP contribution in [0.2, 0.25) is 0 Å². The number of hydrogen-bond acceptors (Lipinski definition) is 2. The highest BCUT2D eigenvalue weighted by Gasteiger charge is 2.08. The molecule has 0 saturated carbocycles. The second-order valence-electron chi connectivity index (χ2n) is 5.48. The van der Waals surface area contributed by atoms with Crippen molar-refractivity contribution in [1.29, 1.82) is 0 Å². The van der Waals surface area contributed by atoms with E-state index in [2.05, 4.69) is 38.5 Å². The molecule has 0 fully saturated rings. The lowest BCUT2D eigenvalue weighted by atomic mass is 10.0. The molecule has 1 rings (SSSR count). The summed E-state index contributed by atoms with van der Waals surface area (Å²) in [5, 5.41) is 15.6. The topological polar surface area (TPSA) is 56.6 Å². The molecule has 0 bridgehead atoms. The van der Waals surface area contributed by atoms with E-state index in [4.69, 9.17) is 5.11 Å². The monoisotopic (exact) mass is 387 g/mol. The Morgan fingerprint density at radius 3 is 2.74 bits per heavy atom.